The molecular formula is C48H72O14. The summed E-state index contributed by atoms with van der Waals surface area (Å²) in [6.07, 6.45) is 8.00. The molecule has 4 fully saturated rings. The minimum absolute atomic E-state index is 0.0292. The van der Waals surface area contributed by atoms with Crippen molar-refractivity contribution in [3.05, 3.63) is 59.3 Å². The number of rotatable bonds is 8. The van der Waals surface area contributed by atoms with E-state index in [2.05, 4.69) is 39.8 Å². The van der Waals surface area contributed by atoms with Gasteiger partial charge < -0.3 is 62.7 Å². The zero-order valence-electron chi connectivity index (χ0n) is 38.2. The second-order valence-electron chi connectivity index (χ2n) is 19.1. The van der Waals surface area contributed by atoms with Gasteiger partial charge in [0.2, 0.25) is 0 Å². The van der Waals surface area contributed by atoms with Gasteiger partial charge in [-0.2, -0.15) is 0 Å². The molecule has 0 saturated carbocycles. The van der Waals surface area contributed by atoms with Crippen LogP contribution in [0.15, 0.2) is 59.3 Å². The minimum Gasteiger partial charge on any atom is -0.462 e. The summed E-state index contributed by atoms with van der Waals surface area (Å²) in [6, 6.07) is 0. The van der Waals surface area contributed by atoms with Crippen molar-refractivity contribution in [1.82, 2.24) is 0 Å². The molecule has 7 aliphatic rings. The van der Waals surface area contributed by atoms with Gasteiger partial charge in [0.05, 0.1) is 49.8 Å². The molecule has 20 atom stereocenters. The fourth-order valence-corrected chi connectivity index (χ4v) is 10.5. The van der Waals surface area contributed by atoms with Crippen LogP contribution in [0, 0.1) is 29.6 Å². The van der Waals surface area contributed by atoms with Gasteiger partial charge in [0, 0.05) is 51.2 Å². The lowest BCUT2D eigenvalue weighted by Gasteiger charge is -2.48. The first-order valence-electron chi connectivity index (χ1n) is 22.8. The van der Waals surface area contributed by atoms with E-state index in [1.807, 2.05) is 39.0 Å². The Balaban J connectivity index is 1.19. The second-order valence-corrected chi connectivity index (χ2v) is 19.1. The molecule has 7 rings (SSSR count). The van der Waals surface area contributed by atoms with Crippen LogP contribution in [0.3, 0.4) is 0 Å². The van der Waals surface area contributed by atoms with Gasteiger partial charge in [-0.15, -0.1) is 0 Å². The number of fused-ring (bicyclic) bond motifs is 2. The first kappa shape index (κ1) is 47.6. The van der Waals surface area contributed by atoms with Gasteiger partial charge >= 0.3 is 5.97 Å². The van der Waals surface area contributed by atoms with E-state index in [1.165, 1.54) is 7.11 Å². The lowest BCUT2D eigenvalue weighted by atomic mass is 9.71. The smallest absolute Gasteiger partial charge is 0.316 e. The molecule has 0 aromatic carbocycles. The van der Waals surface area contributed by atoms with Gasteiger partial charge in [-0.3, -0.25) is 4.79 Å². The topological polar surface area (TPSA) is 170 Å². The van der Waals surface area contributed by atoms with Gasteiger partial charge in [0.25, 0.3) is 0 Å². The fourth-order valence-electron chi connectivity index (χ4n) is 10.5. The van der Waals surface area contributed by atoms with Crippen LogP contribution in [-0.2, 0) is 52.2 Å². The Labute approximate surface area is 367 Å². The molecule has 14 heteroatoms. The first-order chi connectivity index (χ1) is 29.5. The average Bonchev–Trinajstić information content (AvgIpc) is 3.59. The highest BCUT2D eigenvalue weighted by molar-refractivity contribution is 5.78. The van der Waals surface area contributed by atoms with Crippen molar-refractivity contribution in [3.8, 4) is 0 Å². The van der Waals surface area contributed by atoms with Gasteiger partial charge in [-0.05, 0) is 55.9 Å². The third-order valence-corrected chi connectivity index (χ3v) is 14.5. The highest BCUT2D eigenvalue weighted by atomic mass is 16.7. The monoisotopic (exact) mass is 872 g/mol. The average molecular weight is 873 g/mol. The number of ether oxygens (including phenoxy) is 10. The zero-order chi connectivity index (χ0) is 44.7. The molecule has 6 heterocycles. The quantitative estimate of drug-likeness (QED) is 0.214. The van der Waals surface area contributed by atoms with Gasteiger partial charge in [-0.1, -0.05) is 77.5 Å². The predicted molar refractivity (Wildman–Crippen MR) is 227 cm³/mol. The standard InChI is InChI=1S/C48H72O14/c1-11-25(2)41-28(5)17-18-47(62-41)22-34-20-33(61-47)16-15-27(4)40(26(3)13-12-14-32-24-55-44-39(50)29(6)19-35(45(51)58-34)48(32,44)52)59-37-21-36(53-9)42(31(8)57-37)60-46-43(54-10)38(49)30(7)23-56-46/h12-15,17-19,25-26,28,30-31,33-44,46,49-50,52H,11,16,20-24H2,1-10H3/b13-12+,27-15+,32-14+/t25-,26-,28-,30+,31-,33+,34-,35-,36-,37-,38-,39+,40-,41+,42-,43+,44+,46-,47+,48+/m0/s1. The molecule has 0 radical (unpaired) electrons. The van der Waals surface area contributed by atoms with Crippen LogP contribution in [0.25, 0.3) is 0 Å². The highest BCUT2D eigenvalue weighted by Gasteiger charge is 2.60. The molecule has 6 aliphatic heterocycles. The molecule has 4 saturated heterocycles. The number of carbonyl (C=O) groups excluding carboxylic acids is 1. The van der Waals surface area contributed by atoms with E-state index >= 15 is 0 Å². The second kappa shape index (κ2) is 19.7. The van der Waals surface area contributed by atoms with E-state index < -0.39 is 90.8 Å². The van der Waals surface area contributed by atoms with Crippen molar-refractivity contribution >= 4 is 5.97 Å². The van der Waals surface area contributed by atoms with Crippen LogP contribution in [-0.4, -0.2) is 140 Å². The van der Waals surface area contributed by atoms with E-state index in [0.717, 1.165) is 12.0 Å². The third kappa shape index (κ3) is 9.50. The van der Waals surface area contributed by atoms with E-state index in [4.69, 9.17) is 47.4 Å². The fraction of sp³-hybridized carbons (Fsp3) is 0.771. The number of allylic oxidation sites excluding steroid dienone is 2. The molecular weight excluding hydrogens is 801 g/mol. The maximum Gasteiger partial charge on any atom is 0.316 e. The largest absolute Gasteiger partial charge is 0.462 e. The summed E-state index contributed by atoms with van der Waals surface area (Å²) in [5.74, 6) is -2.68. The Kier molecular flexibility index (Phi) is 15.1. The van der Waals surface area contributed by atoms with Crippen molar-refractivity contribution in [3.63, 3.8) is 0 Å². The maximum atomic E-state index is 14.3. The molecule has 0 amide bonds. The summed E-state index contributed by atoms with van der Waals surface area (Å²) in [5.41, 5.74) is 0.120. The molecule has 1 spiro atoms. The number of carbonyl (C=O) groups is 1. The molecule has 0 aromatic rings. The van der Waals surface area contributed by atoms with Crippen LogP contribution in [0.2, 0.25) is 0 Å². The Morgan fingerprint density at radius 2 is 1.71 bits per heavy atom. The van der Waals surface area contributed by atoms with Crippen molar-refractivity contribution in [2.24, 2.45) is 29.6 Å². The molecule has 348 valence electrons. The normalized spacial score (nSPS) is 49.1. The zero-order valence-corrected chi connectivity index (χ0v) is 38.2. The summed E-state index contributed by atoms with van der Waals surface area (Å²) in [6.45, 7) is 16.5. The molecule has 62 heavy (non-hydrogen) atoms. The Bertz CT molecular complexity index is 1730. The van der Waals surface area contributed by atoms with Gasteiger partial charge in [0.1, 0.15) is 42.0 Å². The van der Waals surface area contributed by atoms with Gasteiger partial charge in [0.15, 0.2) is 18.4 Å². The van der Waals surface area contributed by atoms with Crippen molar-refractivity contribution in [2.45, 2.75) is 179 Å². The Hall–Kier alpha value is -2.31. The van der Waals surface area contributed by atoms with E-state index in [1.54, 1.807) is 26.2 Å². The molecule has 1 aliphatic carbocycles. The van der Waals surface area contributed by atoms with Gasteiger partial charge in [-0.25, -0.2) is 0 Å². The lowest BCUT2D eigenvalue weighted by Crippen LogP contribution is -2.58. The summed E-state index contributed by atoms with van der Waals surface area (Å²) in [7, 11) is 3.17. The predicted octanol–water partition coefficient (Wildman–Crippen LogP) is 5.23. The summed E-state index contributed by atoms with van der Waals surface area (Å²) >= 11 is 0. The number of hydrogen-bond donors (Lipinski definition) is 3. The summed E-state index contributed by atoms with van der Waals surface area (Å²) in [4.78, 5) is 14.3. The first-order valence-corrected chi connectivity index (χ1v) is 22.8. The SMILES string of the molecule is CC[C@H](C)[C@H]1O[C@]2(C=C[C@@H]1C)C[C@@H]1C[C@@H](C/C=C(\C)[C@@H](O[C@H]3C[C@H](OC)[C@@H](O[C@@H]4OC[C@@H](C)[C@H](O)[C@H]4OC)[C@H](C)O3)[C@@H](C)/C=C/C=C3\CO[C@@H]4[C@H](O)C(C)=C[C@@H](C(=O)O1)[C@]34O)O2. The molecule has 0 aromatic heterocycles. The lowest BCUT2D eigenvalue weighted by molar-refractivity contribution is -0.327. The number of hydrogen-bond acceptors (Lipinski definition) is 14. The summed E-state index contributed by atoms with van der Waals surface area (Å²) < 4.78 is 63.7. The van der Waals surface area contributed by atoms with Crippen LogP contribution in [0.5, 0.6) is 0 Å². The van der Waals surface area contributed by atoms with Crippen molar-refractivity contribution in [1.29, 1.82) is 0 Å². The van der Waals surface area contributed by atoms with E-state index in [0.29, 0.717) is 43.4 Å². The molecule has 2 bridgehead atoms. The van der Waals surface area contributed by atoms with Crippen LogP contribution in [0.4, 0.5) is 0 Å². The number of aliphatic hydroxyl groups is 3. The molecule has 14 nitrogen and oxygen atoms in total. The van der Waals surface area contributed by atoms with E-state index in [9.17, 15) is 20.1 Å². The Morgan fingerprint density at radius 3 is 2.44 bits per heavy atom. The number of aliphatic hydroxyl groups excluding tert-OH is 2. The van der Waals surface area contributed by atoms with Crippen molar-refractivity contribution in [2.75, 3.05) is 27.4 Å². The molecule has 3 N–H and O–H groups in total. The van der Waals surface area contributed by atoms with Crippen LogP contribution in [0.1, 0.15) is 87.5 Å². The Morgan fingerprint density at radius 1 is 0.935 bits per heavy atom. The number of esters is 1. The van der Waals surface area contributed by atoms with Crippen LogP contribution < -0.4 is 0 Å². The number of methoxy groups -OCH3 is 2. The van der Waals surface area contributed by atoms with Crippen molar-refractivity contribution < 1.29 is 67.5 Å². The minimum atomic E-state index is -1.84. The summed E-state index contributed by atoms with van der Waals surface area (Å²) in [5, 5.41) is 34.5. The third-order valence-electron chi connectivity index (χ3n) is 14.5. The maximum absolute atomic E-state index is 14.3. The highest BCUT2D eigenvalue weighted by Crippen LogP contribution is 2.47. The molecule has 0 unspecified atom stereocenters. The van der Waals surface area contributed by atoms with E-state index in [-0.39, 0.29) is 42.5 Å². The van der Waals surface area contributed by atoms with Crippen LogP contribution >= 0.6 is 0 Å².